The highest BCUT2D eigenvalue weighted by Crippen LogP contribution is 2.32. The first-order valence-corrected chi connectivity index (χ1v) is 3.77. The van der Waals surface area contributed by atoms with E-state index in [1.54, 1.807) is 0 Å². The Morgan fingerprint density at radius 3 is 2.64 bits per heavy atom. The van der Waals surface area contributed by atoms with Gasteiger partial charge in [0.1, 0.15) is 23.7 Å². The molecule has 0 atom stereocenters. The molecule has 0 aliphatic carbocycles. The predicted octanol–water partition coefficient (Wildman–Crippen LogP) is 2.48. The van der Waals surface area contributed by atoms with Gasteiger partial charge in [0, 0.05) is 0 Å². The van der Waals surface area contributed by atoms with Crippen LogP contribution in [0.15, 0.2) is 16.9 Å². The van der Waals surface area contributed by atoms with Crippen LogP contribution < -0.4 is 0 Å². The summed E-state index contributed by atoms with van der Waals surface area (Å²) in [6.07, 6.45) is -3.40. The van der Waals surface area contributed by atoms with Crippen molar-refractivity contribution in [3.05, 3.63) is 23.7 Å². The van der Waals surface area contributed by atoms with E-state index in [4.69, 9.17) is 0 Å². The maximum atomic E-state index is 12.2. The average Bonchev–Trinajstić information content (AvgIpc) is 2.50. The lowest BCUT2D eigenvalue weighted by atomic mass is 10.2. The molecule has 78 valence electrons. The molecule has 0 saturated heterocycles. The van der Waals surface area contributed by atoms with Gasteiger partial charge in [0.2, 0.25) is 0 Å². The Bertz CT molecular complexity index is 327. The zero-order chi connectivity index (χ0) is 10.8. The Morgan fingerprint density at radius 1 is 1.50 bits per heavy atom. The van der Waals surface area contributed by atoms with Gasteiger partial charge in [0.25, 0.3) is 0 Å². The molecule has 1 rings (SSSR count). The molecule has 0 unspecified atom stereocenters. The van der Waals surface area contributed by atoms with Gasteiger partial charge in [-0.3, -0.25) is 0 Å². The van der Waals surface area contributed by atoms with Crippen LogP contribution in [-0.4, -0.2) is 12.6 Å². The highest BCUT2D eigenvalue weighted by atomic mass is 19.4. The Labute approximate surface area is 77.5 Å². The van der Waals surface area contributed by atoms with Crippen molar-refractivity contribution < 1.29 is 27.1 Å². The van der Waals surface area contributed by atoms with E-state index in [9.17, 15) is 18.0 Å². The van der Waals surface area contributed by atoms with Gasteiger partial charge in [-0.25, -0.2) is 4.79 Å². The smallest absolute Gasteiger partial charge is 0.420 e. The van der Waals surface area contributed by atoms with E-state index in [1.807, 2.05) is 0 Å². The van der Waals surface area contributed by atoms with E-state index >= 15 is 0 Å². The minimum absolute atomic E-state index is 0.0152. The van der Waals surface area contributed by atoms with Crippen molar-refractivity contribution in [1.29, 1.82) is 0 Å². The van der Waals surface area contributed by atoms with Crippen LogP contribution in [0.5, 0.6) is 0 Å². The number of carbonyl (C=O) groups is 1. The van der Waals surface area contributed by atoms with Gasteiger partial charge in [0.05, 0.1) is 6.61 Å². The Kier molecular flexibility index (Phi) is 2.83. The topological polar surface area (TPSA) is 39.4 Å². The molecule has 1 aromatic rings. The maximum absolute atomic E-state index is 12.2. The van der Waals surface area contributed by atoms with Crippen LogP contribution in [0.1, 0.15) is 22.8 Å². The molecule has 0 aliphatic rings. The van der Waals surface area contributed by atoms with Gasteiger partial charge in [-0.05, 0) is 6.92 Å². The fraction of sp³-hybridized carbons (Fsp3) is 0.375. The van der Waals surface area contributed by atoms with Crippen molar-refractivity contribution in [2.24, 2.45) is 0 Å². The van der Waals surface area contributed by atoms with Crippen molar-refractivity contribution in [2.45, 2.75) is 13.1 Å². The number of furan rings is 1. The number of alkyl halides is 3. The lowest BCUT2D eigenvalue weighted by Gasteiger charge is -2.05. The van der Waals surface area contributed by atoms with Crippen LogP contribution in [0.25, 0.3) is 0 Å². The van der Waals surface area contributed by atoms with Crippen molar-refractivity contribution in [3.8, 4) is 0 Å². The third kappa shape index (κ3) is 2.07. The molecule has 0 amide bonds. The van der Waals surface area contributed by atoms with E-state index in [-0.39, 0.29) is 6.61 Å². The third-order valence-corrected chi connectivity index (χ3v) is 1.46. The first kappa shape index (κ1) is 10.6. The summed E-state index contributed by atoms with van der Waals surface area (Å²) >= 11 is 0. The molecule has 1 aromatic heterocycles. The molecule has 6 heteroatoms. The summed E-state index contributed by atoms with van der Waals surface area (Å²) < 4.78 is 45.4. The summed E-state index contributed by atoms with van der Waals surface area (Å²) in [5, 5.41) is 0. The highest BCUT2D eigenvalue weighted by Gasteiger charge is 2.37. The standard InChI is InChI=1S/C8H7F3O3/c1-2-14-7(12)5-3-13-4-6(5)8(9,10)11/h3-4H,2H2,1H3. The van der Waals surface area contributed by atoms with Gasteiger partial charge in [0.15, 0.2) is 0 Å². The summed E-state index contributed by atoms with van der Waals surface area (Å²) in [4.78, 5) is 11.0. The Hall–Kier alpha value is -1.46. The molecule has 0 radical (unpaired) electrons. The summed E-state index contributed by atoms with van der Waals surface area (Å²) in [6.45, 7) is 1.52. The first-order chi connectivity index (χ1) is 6.46. The van der Waals surface area contributed by atoms with E-state index < -0.39 is 23.3 Å². The molecule has 1 heterocycles. The van der Waals surface area contributed by atoms with Gasteiger partial charge in [-0.2, -0.15) is 13.2 Å². The van der Waals surface area contributed by atoms with Gasteiger partial charge >= 0.3 is 12.1 Å². The molecule has 3 nitrogen and oxygen atoms in total. The van der Waals surface area contributed by atoms with Crippen LogP contribution in [0.3, 0.4) is 0 Å². The van der Waals surface area contributed by atoms with E-state index in [2.05, 4.69) is 9.15 Å². The van der Waals surface area contributed by atoms with Crippen molar-refractivity contribution in [2.75, 3.05) is 6.61 Å². The lowest BCUT2D eigenvalue weighted by molar-refractivity contribution is -0.138. The largest absolute Gasteiger partial charge is 0.471 e. The van der Waals surface area contributed by atoms with E-state index in [0.29, 0.717) is 6.26 Å². The van der Waals surface area contributed by atoms with Crippen molar-refractivity contribution in [1.82, 2.24) is 0 Å². The van der Waals surface area contributed by atoms with Crippen LogP contribution in [-0.2, 0) is 10.9 Å². The van der Waals surface area contributed by atoms with Crippen molar-refractivity contribution >= 4 is 5.97 Å². The fourth-order valence-corrected chi connectivity index (χ4v) is 0.884. The number of carbonyl (C=O) groups excluding carboxylic acids is 1. The van der Waals surface area contributed by atoms with Crippen LogP contribution in [0, 0.1) is 0 Å². The van der Waals surface area contributed by atoms with Crippen LogP contribution in [0.4, 0.5) is 13.2 Å². The number of halogens is 3. The summed E-state index contributed by atoms with van der Waals surface area (Å²) in [5.74, 6) is -1.03. The third-order valence-electron chi connectivity index (χ3n) is 1.46. The number of hydrogen-bond donors (Lipinski definition) is 0. The summed E-state index contributed by atoms with van der Waals surface area (Å²) in [7, 11) is 0. The number of esters is 1. The second-order valence-electron chi connectivity index (χ2n) is 2.42. The zero-order valence-corrected chi connectivity index (χ0v) is 7.22. The summed E-state index contributed by atoms with van der Waals surface area (Å²) in [5.41, 5.74) is -1.71. The normalized spacial score (nSPS) is 11.4. The molecule has 0 bridgehead atoms. The van der Waals surface area contributed by atoms with Gasteiger partial charge in [-0.15, -0.1) is 0 Å². The molecule has 0 spiro atoms. The van der Waals surface area contributed by atoms with Crippen molar-refractivity contribution in [3.63, 3.8) is 0 Å². The number of rotatable bonds is 2. The fourth-order valence-electron chi connectivity index (χ4n) is 0.884. The number of ether oxygens (including phenoxy) is 1. The van der Waals surface area contributed by atoms with E-state index in [0.717, 1.165) is 6.26 Å². The second-order valence-corrected chi connectivity index (χ2v) is 2.42. The second kappa shape index (κ2) is 3.73. The number of hydrogen-bond acceptors (Lipinski definition) is 3. The molecular weight excluding hydrogens is 201 g/mol. The predicted molar refractivity (Wildman–Crippen MR) is 39.7 cm³/mol. The Balaban J connectivity index is 2.99. The van der Waals surface area contributed by atoms with Gasteiger partial charge in [-0.1, -0.05) is 0 Å². The molecule has 0 aromatic carbocycles. The quantitative estimate of drug-likeness (QED) is 0.701. The van der Waals surface area contributed by atoms with Crippen LogP contribution in [0.2, 0.25) is 0 Å². The monoisotopic (exact) mass is 208 g/mol. The lowest BCUT2D eigenvalue weighted by Crippen LogP contribution is -2.12. The first-order valence-electron chi connectivity index (χ1n) is 3.77. The minimum Gasteiger partial charge on any atom is -0.471 e. The minimum atomic E-state index is -4.60. The molecule has 0 saturated carbocycles. The molecular formula is C8H7F3O3. The SMILES string of the molecule is CCOC(=O)c1cocc1C(F)(F)F. The van der Waals surface area contributed by atoms with Gasteiger partial charge < -0.3 is 9.15 Å². The van der Waals surface area contributed by atoms with E-state index in [1.165, 1.54) is 6.92 Å². The maximum Gasteiger partial charge on any atom is 0.420 e. The van der Waals surface area contributed by atoms with Crippen LogP contribution >= 0.6 is 0 Å². The molecule has 0 fully saturated rings. The zero-order valence-electron chi connectivity index (χ0n) is 7.22. The Morgan fingerprint density at radius 2 is 2.14 bits per heavy atom. The molecule has 0 N–H and O–H groups in total. The highest BCUT2D eigenvalue weighted by molar-refractivity contribution is 5.90. The molecule has 14 heavy (non-hydrogen) atoms. The summed E-state index contributed by atoms with van der Waals surface area (Å²) in [6, 6.07) is 0. The average molecular weight is 208 g/mol. The molecule has 0 aliphatic heterocycles.